The summed E-state index contributed by atoms with van der Waals surface area (Å²) in [4.78, 5) is 3.98. The highest BCUT2D eigenvalue weighted by Gasteiger charge is 2.10. The van der Waals surface area contributed by atoms with E-state index in [-0.39, 0.29) is 16.8 Å². The lowest BCUT2D eigenvalue weighted by molar-refractivity contribution is 0.460. The maximum Gasteiger partial charge on any atom is 0.138 e. The van der Waals surface area contributed by atoms with E-state index in [4.69, 9.17) is 23.2 Å². The van der Waals surface area contributed by atoms with Crippen molar-refractivity contribution in [1.29, 1.82) is 0 Å². The lowest BCUT2D eigenvalue weighted by Gasteiger charge is -2.15. The van der Waals surface area contributed by atoms with E-state index in [0.717, 1.165) is 5.56 Å². The van der Waals surface area contributed by atoms with Crippen LogP contribution in [0.15, 0.2) is 36.7 Å². The zero-order valence-electron chi connectivity index (χ0n) is 10.4. The summed E-state index contributed by atoms with van der Waals surface area (Å²) in [6.07, 6.45) is 3.50. The quantitative estimate of drug-likeness (QED) is 0.898. The molecule has 0 amide bonds. The number of aromatic nitrogens is 1. The zero-order valence-corrected chi connectivity index (χ0v) is 11.9. The van der Waals surface area contributed by atoms with Crippen LogP contribution >= 0.6 is 23.2 Å². The maximum absolute atomic E-state index is 9.86. The Bertz CT molecular complexity index is 561. The first-order valence-electron chi connectivity index (χ1n) is 5.88. The Balaban J connectivity index is 2.07. The van der Waals surface area contributed by atoms with Crippen molar-refractivity contribution < 1.29 is 5.11 Å². The van der Waals surface area contributed by atoms with Crippen molar-refractivity contribution in [2.45, 2.75) is 19.5 Å². The highest BCUT2D eigenvalue weighted by atomic mass is 35.5. The third-order valence-electron chi connectivity index (χ3n) is 2.91. The number of rotatable bonds is 4. The molecule has 0 saturated carbocycles. The smallest absolute Gasteiger partial charge is 0.138 e. The van der Waals surface area contributed by atoms with Gasteiger partial charge >= 0.3 is 0 Å². The van der Waals surface area contributed by atoms with Crippen LogP contribution in [0.2, 0.25) is 10.0 Å². The first-order chi connectivity index (χ1) is 9.08. The second-order valence-corrected chi connectivity index (χ2v) is 5.12. The van der Waals surface area contributed by atoms with E-state index in [1.165, 1.54) is 6.07 Å². The number of phenols is 1. The molecule has 0 radical (unpaired) electrons. The predicted molar refractivity (Wildman–Crippen MR) is 77.6 cm³/mol. The number of nitrogens with one attached hydrogen (secondary N) is 1. The molecule has 2 aromatic rings. The standard InChI is InChI=1S/C14H14Cl2N2O/c1-9(10-2-4-17-5-3-10)18-8-11-6-12(15)7-13(16)14(11)19/h2-7,9,18-19H,8H2,1H3/t9-/m1/s1. The third-order valence-corrected chi connectivity index (χ3v) is 3.42. The number of hydrogen-bond acceptors (Lipinski definition) is 3. The first-order valence-corrected chi connectivity index (χ1v) is 6.63. The Morgan fingerprint density at radius 1 is 1.26 bits per heavy atom. The van der Waals surface area contributed by atoms with Crippen LogP contribution in [-0.2, 0) is 6.54 Å². The Hall–Kier alpha value is -1.29. The first kappa shape index (κ1) is 14.1. The Labute approximate surface area is 122 Å². The number of halogens is 2. The summed E-state index contributed by atoms with van der Waals surface area (Å²) in [5.41, 5.74) is 1.81. The number of nitrogens with zero attached hydrogens (tertiary/aromatic N) is 1. The second-order valence-electron chi connectivity index (χ2n) is 4.28. The summed E-state index contributed by atoms with van der Waals surface area (Å²) in [6, 6.07) is 7.26. The molecule has 0 aliphatic rings. The molecular formula is C14H14Cl2N2O. The Morgan fingerprint density at radius 2 is 1.95 bits per heavy atom. The van der Waals surface area contributed by atoms with E-state index in [1.807, 2.05) is 19.1 Å². The molecule has 19 heavy (non-hydrogen) atoms. The number of phenolic OH excluding ortho intramolecular Hbond substituents is 1. The average Bonchev–Trinajstić information content (AvgIpc) is 2.41. The summed E-state index contributed by atoms with van der Waals surface area (Å²) >= 11 is 11.8. The summed E-state index contributed by atoms with van der Waals surface area (Å²) in [7, 11) is 0. The van der Waals surface area contributed by atoms with Crippen LogP contribution in [0, 0.1) is 0 Å². The molecule has 2 rings (SSSR count). The molecule has 0 saturated heterocycles. The Morgan fingerprint density at radius 3 is 2.63 bits per heavy atom. The van der Waals surface area contributed by atoms with Gasteiger partial charge in [0.25, 0.3) is 0 Å². The molecule has 0 aliphatic heterocycles. The monoisotopic (exact) mass is 296 g/mol. The molecule has 0 fully saturated rings. The van der Waals surface area contributed by atoms with E-state index in [1.54, 1.807) is 18.5 Å². The van der Waals surface area contributed by atoms with Crippen LogP contribution in [0.3, 0.4) is 0 Å². The van der Waals surface area contributed by atoms with Gasteiger partial charge in [0.05, 0.1) is 5.02 Å². The fraction of sp³-hybridized carbons (Fsp3) is 0.214. The summed E-state index contributed by atoms with van der Waals surface area (Å²) < 4.78 is 0. The fourth-order valence-electron chi connectivity index (χ4n) is 1.79. The lowest BCUT2D eigenvalue weighted by atomic mass is 10.1. The molecule has 3 nitrogen and oxygen atoms in total. The van der Waals surface area contributed by atoms with Gasteiger partial charge in [-0.2, -0.15) is 0 Å². The molecule has 1 atom stereocenters. The van der Waals surface area contributed by atoms with Crippen molar-refractivity contribution in [3.8, 4) is 5.75 Å². The third kappa shape index (κ3) is 3.60. The van der Waals surface area contributed by atoms with Crippen LogP contribution in [0.1, 0.15) is 24.1 Å². The number of benzene rings is 1. The SMILES string of the molecule is C[C@@H](NCc1cc(Cl)cc(Cl)c1O)c1ccncc1. The van der Waals surface area contributed by atoms with Crippen molar-refractivity contribution in [1.82, 2.24) is 10.3 Å². The second kappa shape index (κ2) is 6.24. The van der Waals surface area contributed by atoms with Gasteiger partial charge in [-0.1, -0.05) is 23.2 Å². The van der Waals surface area contributed by atoms with Gasteiger partial charge in [-0.15, -0.1) is 0 Å². The minimum atomic E-state index is 0.0699. The van der Waals surface area contributed by atoms with Gasteiger partial charge in [0.15, 0.2) is 0 Å². The van der Waals surface area contributed by atoms with Crippen molar-refractivity contribution in [3.05, 3.63) is 57.8 Å². The summed E-state index contributed by atoms with van der Waals surface area (Å²) in [6.45, 7) is 2.52. The van der Waals surface area contributed by atoms with E-state index < -0.39 is 0 Å². The largest absolute Gasteiger partial charge is 0.506 e. The van der Waals surface area contributed by atoms with Crippen molar-refractivity contribution in [2.75, 3.05) is 0 Å². The van der Waals surface area contributed by atoms with Crippen molar-refractivity contribution in [2.24, 2.45) is 0 Å². The zero-order chi connectivity index (χ0) is 13.8. The minimum absolute atomic E-state index is 0.0699. The van der Waals surface area contributed by atoms with Gasteiger partial charge in [-0.05, 0) is 36.8 Å². The maximum atomic E-state index is 9.86. The highest BCUT2D eigenvalue weighted by molar-refractivity contribution is 6.35. The molecule has 2 N–H and O–H groups in total. The van der Waals surface area contributed by atoms with Crippen LogP contribution in [0.4, 0.5) is 0 Å². The van der Waals surface area contributed by atoms with E-state index in [9.17, 15) is 5.11 Å². The molecule has 5 heteroatoms. The highest BCUT2D eigenvalue weighted by Crippen LogP contribution is 2.31. The minimum Gasteiger partial charge on any atom is -0.506 e. The topological polar surface area (TPSA) is 45.1 Å². The predicted octanol–water partition coefficient (Wildman–Crippen LogP) is 3.94. The van der Waals surface area contributed by atoms with Crippen molar-refractivity contribution >= 4 is 23.2 Å². The number of hydrogen-bond donors (Lipinski definition) is 2. The number of pyridine rings is 1. The van der Waals surface area contributed by atoms with E-state index in [0.29, 0.717) is 17.1 Å². The molecule has 1 aromatic heterocycles. The summed E-state index contributed by atoms with van der Waals surface area (Å²) in [5.74, 6) is 0.0699. The Kier molecular flexibility index (Phi) is 4.64. The molecule has 100 valence electrons. The molecule has 0 bridgehead atoms. The summed E-state index contributed by atoms with van der Waals surface area (Å²) in [5, 5.41) is 13.9. The van der Waals surface area contributed by atoms with Gasteiger partial charge in [-0.25, -0.2) is 0 Å². The fourth-order valence-corrected chi connectivity index (χ4v) is 2.32. The molecule has 0 aliphatic carbocycles. The molecular weight excluding hydrogens is 283 g/mol. The van der Waals surface area contributed by atoms with Crippen molar-refractivity contribution in [3.63, 3.8) is 0 Å². The van der Waals surface area contributed by atoms with E-state index >= 15 is 0 Å². The van der Waals surface area contributed by atoms with Gasteiger partial charge in [0.2, 0.25) is 0 Å². The molecule has 0 unspecified atom stereocenters. The van der Waals surface area contributed by atoms with Crippen LogP contribution in [0.5, 0.6) is 5.75 Å². The number of aromatic hydroxyl groups is 1. The van der Waals surface area contributed by atoms with Gasteiger partial charge in [0.1, 0.15) is 5.75 Å². The van der Waals surface area contributed by atoms with Gasteiger partial charge in [0, 0.05) is 35.6 Å². The van der Waals surface area contributed by atoms with Crippen LogP contribution < -0.4 is 5.32 Å². The van der Waals surface area contributed by atoms with Gasteiger partial charge < -0.3 is 10.4 Å². The normalized spacial score (nSPS) is 12.4. The molecule has 1 heterocycles. The lowest BCUT2D eigenvalue weighted by Crippen LogP contribution is -2.18. The van der Waals surface area contributed by atoms with Crippen LogP contribution in [0.25, 0.3) is 0 Å². The van der Waals surface area contributed by atoms with E-state index in [2.05, 4.69) is 10.3 Å². The average molecular weight is 297 g/mol. The molecule has 0 spiro atoms. The molecule has 1 aromatic carbocycles. The van der Waals surface area contributed by atoms with Crippen LogP contribution in [-0.4, -0.2) is 10.1 Å². The van der Waals surface area contributed by atoms with Gasteiger partial charge in [-0.3, -0.25) is 4.98 Å².